The number of hydrogen-bond donors (Lipinski definition) is 1. The molecule has 7 nitrogen and oxygen atoms in total. The summed E-state index contributed by atoms with van der Waals surface area (Å²) in [4.78, 5) is 20.4. The first-order valence-electron chi connectivity index (χ1n) is 13.5. The Hall–Kier alpha value is -4.23. The van der Waals surface area contributed by atoms with Gasteiger partial charge in [0.25, 0.3) is 0 Å². The minimum atomic E-state index is -0.333. The molecule has 7 heteroatoms. The number of allylic oxidation sites excluding steroid dienone is 2. The summed E-state index contributed by atoms with van der Waals surface area (Å²) in [7, 11) is 0. The Bertz CT molecular complexity index is 1560. The monoisotopic (exact) mass is 522 g/mol. The number of benzene rings is 2. The van der Waals surface area contributed by atoms with Gasteiger partial charge >= 0.3 is 5.97 Å². The van der Waals surface area contributed by atoms with E-state index in [9.17, 15) is 9.90 Å². The van der Waals surface area contributed by atoms with Crippen molar-refractivity contribution in [2.45, 2.75) is 53.1 Å². The molecular formula is C32H34N4O3. The van der Waals surface area contributed by atoms with Gasteiger partial charge in [-0.1, -0.05) is 36.4 Å². The highest BCUT2D eigenvalue weighted by Crippen LogP contribution is 2.29. The van der Waals surface area contributed by atoms with Gasteiger partial charge in [-0.2, -0.15) is 0 Å². The van der Waals surface area contributed by atoms with Crippen LogP contribution in [-0.4, -0.2) is 36.8 Å². The highest BCUT2D eigenvalue weighted by atomic mass is 16.5. The number of aromatic nitrogens is 4. The number of esters is 1. The number of nitrogens with zero attached hydrogens (tertiary/aromatic N) is 4. The summed E-state index contributed by atoms with van der Waals surface area (Å²) in [5.41, 5.74) is 10.7. The van der Waals surface area contributed by atoms with E-state index in [1.54, 1.807) is 13.3 Å². The van der Waals surface area contributed by atoms with Crippen LogP contribution in [0.4, 0.5) is 0 Å². The van der Waals surface area contributed by atoms with Crippen LogP contribution in [0, 0.1) is 0 Å². The van der Waals surface area contributed by atoms with Crippen molar-refractivity contribution in [2.24, 2.45) is 0 Å². The van der Waals surface area contributed by atoms with Crippen LogP contribution in [0.15, 0.2) is 61.2 Å². The van der Waals surface area contributed by atoms with Gasteiger partial charge in [0.1, 0.15) is 6.33 Å². The molecule has 6 rings (SSSR count). The second kappa shape index (κ2) is 11.7. The maximum atomic E-state index is 11.9. The van der Waals surface area contributed by atoms with Crippen molar-refractivity contribution in [1.82, 2.24) is 19.1 Å². The normalized spacial score (nSPS) is 13.3. The molecule has 0 fully saturated rings. The third-order valence-electron chi connectivity index (χ3n) is 7.14. The number of aliphatic hydroxyl groups is 1. The van der Waals surface area contributed by atoms with Gasteiger partial charge in [-0.25, -0.2) is 14.8 Å². The van der Waals surface area contributed by atoms with Gasteiger partial charge in [0.2, 0.25) is 0 Å². The smallest absolute Gasteiger partial charge is 0.358 e. The SMILES string of the molecule is C/C=C/c1ccc2c(c1)CCc1c(C(=O)OCC)ncn1-2.C/C=C/c1ccc2c(c1)CCc1c(CO)ncn1-2. The van der Waals surface area contributed by atoms with Crippen molar-refractivity contribution in [1.29, 1.82) is 0 Å². The van der Waals surface area contributed by atoms with Crippen molar-refractivity contribution in [3.63, 3.8) is 0 Å². The largest absolute Gasteiger partial charge is 0.461 e. The standard InChI is InChI=1S/C17H18N2O2.C15H16N2O/c1-3-5-12-6-8-14-13(10-12)7-9-15-16(17(20)21-4-2)18-11-19(14)15;1-2-3-11-4-6-14-12(8-11)5-7-15-13(9-18)16-10-17(14)15/h3,5-6,8,10-11H,4,7,9H2,1-2H3;2-4,6,8,10,18H,5,7,9H2,1H3/b5-3+;3-2+. The van der Waals surface area contributed by atoms with Crippen molar-refractivity contribution < 1.29 is 14.6 Å². The van der Waals surface area contributed by atoms with E-state index in [0.29, 0.717) is 12.3 Å². The maximum Gasteiger partial charge on any atom is 0.358 e. The fourth-order valence-corrected chi connectivity index (χ4v) is 5.39. The van der Waals surface area contributed by atoms with E-state index in [4.69, 9.17) is 4.74 Å². The number of rotatable bonds is 5. The Morgan fingerprint density at radius 1 is 0.872 bits per heavy atom. The molecule has 0 aliphatic carbocycles. The number of carbonyl (C=O) groups excluding carboxylic acids is 1. The second-order valence-corrected chi connectivity index (χ2v) is 9.57. The lowest BCUT2D eigenvalue weighted by Crippen LogP contribution is -2.15. The molecule has 2 aromatic heterocycles. The van der Waals surface area contributed by atoms with Crippen LogP contribution in [-0.2, 0) is 37.0 Å². The summed E-state index contributed by atoms with van der Waals surface area (Å²) in [5, 5.41) is 9.26. The lowest BCUT2D eigenvalue weighted by atomic mass is 9.98. The van der Waals surface area contributed by atoms with Crippen molar-refractivity contribution in [3.05, 3.63) is 106 Å². The Labute approximate surface area is 229 Å². The van der Waals surface area contributed by atoms with Gasteiger partial charge in [0, 0.05) is 5.69 Å². The Morgan fingerprint density at radius 3 is 2.00 bits per heavy atom. The number of imidazole rings is 2. The first-order valence-corrected chi connectivity index (χ1v) is 13.5. The van der Waals surface area contributed by atoms with Crippen LogP contribution in [0.2, 0.25) is 0 Å². The lowest BCUT2D eigenvalue weighted by Gasteiger charge is -2.20. The van der Waals surface area contributed by atoms with E-state index >= 15 is 0 Å². The fraction of sp³-hybridized carbons (Fsp3) is 0.281. The molecule has 0 saturated heterocycles. The van der Waals surface area contributed by atoms with Gasteiger partial charge in [0.05, 0.1) is 42.3 Å². The van der Waals surface area contributed by atoms with Crippen LogP contribution < -0.4 is 0 Å². The summed E-state index contributed by atoms with van der Waals surface area (Å²) in [5.74, 6) is -0.333. The summed E-state index contributed by atoms with van der Waals surface area (Å²) in [6.45, 7) is 6.24. The average Bonchev–Trinajstić information content (AvgIpc) is 3.58. The number of hydrogen-bond acceptors (Lipinski definition) is 5. The van der Waals surface area contributed by atoms with Gasteiger partial charge in [-0.05, 0) is 93.0 Å². The molecule has 0 atom stereocenters. The number of aliphatic hydroxyl groups excluding tert-OH is 1. The number of ether oxygens (including phenoxy) is 1. The molecule has 0 unspecified atom stereocenters. The molecule has 4 aromatic rings. The summed E-state index contributed by atoms with van der Waals surface area (Å²) in [6, 6.07) is 12.9. The topological polar surface area (TPSA) is 82.2 Å². The first-order chi connectivity index (χ1) is 19.1. The molecule has 0 saturated carbocycles. The molecule has 0 bridgehead atoms. The maximum absolute atomic E-state index is 11.9. The van der Waals surface area contributed by atoms with Crippen LogP contribution in [0.25, 0.3) is 23.5 Å². The number of fused-ring (bicyclic) bond motifs is 6. The van der Waals surface area contributed by atoms with Crippen LogP contribution in [0.5, 0.6) is 0 Å². The van der Waals surface area contributed by atoms with Gasteiger partial charge in [-0.15, -0.1) is 0 Å². The molecule has 0 spiro atoms. The zero-order valence-corrected chi connectivity index (χ0v) is 22.7. The summed E-state index contributed by atoms with van der Waals surface area (Å²) in [6.07, 6.45) is 15.5. The summed E-state index contributed by atoms with van der Waals surface area (Å²) < 4.78 is 9.17. The van der Waals surface area contributed by atoms with E-state index in [-0.39, 0.29) is 12.6 Å². The third kappa shape index (κ3) is 5.22. The zero-order valence-electron chi connectivity index (χ0n) is 22.7. The Kier molecular flexibility index (Phi) is 7.89. The molecule has 2 aromatic carbocycles. The van der Waals surface area contributed by atoms with E-state index in [2.05, 4.69) is 69.2 Å². The first kappa shape index (κ1) is 26.4. The molecular weight excluding hydrogens is 488 g/mol. The third-order valence-corrected chi connectivity index (χ3v) is 7.14. The molecule has 1 N–H and O–H groups in total. The number of carbonyl (C=O) groups is 1. The van der Waals surface area contributed by atoms with Gasteiger partial charge in [-0.3, -0.25) is 0 Å². The number of aryl methyl sites for hydroxylation is 2. The van der Waals surface area contributed by atoms with Crippen molar-refractivity contribution in [2.75, 3.05) is 6.61 Å². The van der Waals surface area contributed by atoms with Crippen molar-refractivity contribution in [3.8, 4) is 11.4 Å². The Morgan fingerprint density at radius 2 is 1.44 bits per heavy atom. The highest BCUT2D eigenvalue weighted by Gasteiger charge is 2.24. The molecule has 2 aliphatic heterocycles. The molecule has 2 aliphatic rings. The fourth-order valence-electron chi connectivity index (χ4n) is 5.39. The average molecular weight is 523 g/mol. The van der Waals surface area contributed by atoms with Crippen LogP contribution in [0.1, 0.15) is 70.6 Å². The van der Waals surface area contributed by atoms with E-state index in [0.717, 1.165) is 48.5 Å². The van der Waals surface area contributed by atoms with Gasteiger partial charge in [0.15, 0.2) is 5.69 Å². The van der Waals surface area contributed by atoms with E-state index in [1.165, 1.54) is 27.9 Å². The van der Waals surface area contributed by atoms with Gasteiger partial charge < -0.3 is 19.0 Å². The minimum Gasteiger partial charge on any atom is -0.461 e. The molecule has 4 heterocycles. The molecule has 39 heavy (non-hydrogen) atoms. The summed E-state index contributed by atoms with van der Waals surface area (Å²) >= 11 is 0. The predicted octanol–water partition coefficient (Wildman–Crippen LogP) is 5.68. The Balaban J connectivity index is 0.000000160. The van der Waals surface area contributed by atoms with Crippen LogP contribution >= 0.6 is 0 Å². The molecule has 0 amide bonds. The molecule has 0 radical (unpaired) electrons. The predicted molar refractivity (Wildman–Crippen MR) is 153 cm³/mol. The van der Waals surface area contributed by atoms with E-state index < -0.39 is 0 Å². The quantitative estimate of drug-likeness (QED) is 0.341. The minimum absolute atomic E-state index is 0.0221. The van der Waals surface area contributed by atoms with Crippen LogP contribution in [0.3, 0.4) is 0 Å². The van der Waals surface area contributed by atoms with Crippen molar-refractivity contribution >= 4 is 18.1 Å². The highest BCUT2D eigenvalue weighted by molar-refractivity contribution is 5.89. The van der Waals surface area contributed by atoms with E-state index in [1.807, 2.05) is 30.8 Å². The molecule has 200 valence electrons. The second-order valence-electron chi connectivity index (χ2n) is 9.57. The zero-order chi connectivity index (χ0) is 27.4. The lowest BCUT2D eigenvalue weighted by molar-refractivity contribution is 0.0518.